The molecule has 1 aromatic heterocycles. The Labute approximate surface area is 144 Å². The van der Waals surface area contributed by atoms with Crippen molar-refractivity contribution in [1.29, 1.82) is 0 Å². The standard InChI is InChI=1S/C19H16N2O4/c22-18(20-11-13-8-9-25-12-13)17-3-1-2-16(10-17)14-4-6-15(7-5-14)19(23)21-24/h1-10,12,24H,11H2,(H,20,22)(H,21,23). The molecule has 0 fully saturated rings. The van der Waals surface area contributed by atoms with E-state index in [1.165, 1.54) is 0 Å². The van der Waals surface area contributed by atoms with E-state index in [1.54, 1.807) is 66.5 Å². The number of hydrogen-bond donors (Lipinski definition) is 3. The lowest BCUT2D eigenvalue weighted by Crippen LogP contribution is -2.22. The van der Waals surface area contributed by atoms with Crippen LogP contribution in [0.25, 0.3) is 11.1 Å². The molecule has 6 heteroatoms. The maximum Gasteiger partial charge on any atom is 0.274 e. The van der Waals surface area contributed by atoms with E-state index in [2.05, 4.69) is 5.32 Å². The topological polar surface area (TPSA) is 91.6 Å². The Morgan fingerprint density at radius 1 is 0.920 bits per heavy atom. The highest BCUT2D eigenvalue weighted by atomic mass is 16.5. The Morgan fingerprint density at radius 2 is 1.72 bits per heavy atom. The SMILES string of the molecule is O=C(NO)c1ccc(-c2cccc(C(=O)NCc3ccoc3)c2)cc1. The van der Waals surface area contributed by atoms with Crippen LogP contribution in [0.15, 0.2) is 71.5 Å². The third-order valence-electron chi connectivity index (χ3n) is 3.74. The van der Waals surface area contributed by atoms with Crippen LogP contribution >= 0.6 is 0 Å². The number of carbonyl (C=O) groups excluding carboxylic acids is 2. The van der Waals surface area contributed by atoms with Gasteiger partial charge in [0.2, 0.25) is 0 Å². The molecule has 0 aliphatic carbocycles. The summed E-state index contributed by atoms with van der Waals surface area (Å²) in [7, 11) is 0. The van der Waals surface area contributed by atoms with Crippen LogP contribution in [0.2, 0.25) is 0 Å². The van der Waals surface area contributed by atoms with Gasteiger partial charge in [-0.05, 0) is 41.5 Å². The van der Waals surface area contributed by atoms with Gasteiger partial charge in [0.05, 0.1) is 12.5 Å². The van der Waals surface area contributed by atoms with Crippen LogP contribution in [0, 0.1) is 0 Å². The van der Waals surface area contributed by atoms with Crippen LogP contribution in [0.3, 0.4) is 0 Å². The quantitative estimate of drug-likeness (QED) is 0.493. The molecule has 0 saturated carbocycles. The monoisotopic (exact) mass is 336 g/mol. The van der Waals surface area contributed by atoms with Gasteiger partial charge in [-0.15, -0.1) is 0 Å². The minimum Gasteiger partial charge on any atom is -0.472 e. The van der Waals surface area contributed by atoms with Gasteiger partial charge in [0.15, 0.2) is 0 Å². The molecule has 0 atom stereocenters. The van der Waals surface area contributed by atoms with Crippen molar-refractivity contribution in [1.82, 2.24) is 10.8 Å². The van der Waals surface area contributed by atoms with Crippen molar-refractivity contribution in [3.8, 4) is 11.1 Å². The molecule has 2 amide bonds. The van der Waals surface area contributed by atoms with Gasteiger partial charge >= 0.3 is 0 Å². The van der Waals surface area contributed by atoms with E-state index in [4.69, 9.17) is 9.62 Å². The van der Waals surface area contributed by atoms with Crippen LogP contribution in [-0.2, 0) is 6.54 Å². The van der Waals surface area contributed by atoms with Crippen LogP contribution in [-0.4, -0.2) is 17.0 Å². The number of nitrogens with one attached hydrogen (secondary N) is 2. The van der Waals surface area contributed by atoms with E-state index < -0.39 is 5.91 Å². The van der Waals surface area contributed by atoms with Crippen molar-refractivity contribution in [2.45, 2.75) is 6.54 Å². The average molecular weight is 336 g/mol. The Morgan fingerprint density at radius 3 is 2.40 bits per heavy atom. The number of amides is 2. The summed E-state index contributed by atoms with van der Waals surface area (Å²) in [6, 6.07) is 15.7. The van der Waals surface area contributed by atoms with Crippen LogP contribution in [0.5, 0.6) is 0 Å². The Hall–Kier alpha value is -3.38. The first kappa shape index (κ1) is 16.5. The Balaban J connectivity index is 1.74. The molecule has 3 aromatic rings. The van der Waals surface area contributed by atoms with E-state index in [-0.39, 0.29) is 5.91 Å². The van der Waals surface area contributed by atoms with Gasteiger partial charge in [-0.1, -0.05) is 24.3 Å². The highest BCUT2D eigenvalue weighted by Crippen LogP contribution is 2.21. The third-order valence-corrected chi connectivity index (χ3v) is 3.74. The van der Waals surface area contributed by atoms with Gasteiger partial charge in [-0.2, -0.15) is 0 Å². The molecular formula is C19H16N2O4. The van der Waals surface area contributed by atoms with Crippen molar-refractivity contribution in [3.05, 3.63) is 83.8 Å². The summed E-state index contributed by atoms with van der Waals surface area (Å²) in [5.74, 6) is -0.752. The summed E-state index contributed by atoms with van der Waals surface area (Å²) in [5, 5.41) is 11.5. The lowest BCUT2D eigenvalue weighted by Gasteiger charge is -2.07. The van der Waals surface area contributed by atoms with E-state index in [1.807, 2.05) is 6.07 Å². The molecule has 0 aliphatic heterocycles. The fourth-order valence-electron chi connectivity index (χ4n) is 2.40. The normalized spacial score (nSPS) is 10.3. The molecule has 2 aromatic carbocycles. The second kappa shape index (κ2) is 7.46. The lowest BCUT2D eigenvalue weighted by molar-refractivity contribution is 0.0706. The summed E-state index contributed by atoms with van der Waals surface area (Å²) in [6.07, 6.45) is 3.14. The number of hydroxylamine groups is 1. The summed E-state index contributed by atoms with van der Waals surface area (Å²) in [4.78, 5) is 23.6. The lowest BCUT2D eigenvalue weighted by atomic mass is 10.0. The molecule has 0 radical (unpaired) electrons. The Bertz CT molecular complexity index is 871. The zero-order valence-corrected chi connectivity index (χ0v) is 13.2. The van der Waals surface area contributed by atoms with Crippen LogP contribution in [0.4, 0.5) is 0 Å². The molecule has 3 N–H and O–H groups in total. The minimum atomic E-state index is -0.570. The molecule has 126 valence electrons. The van der Waals surface area contributed by atoms with Crippen LogP contribution < -0.4 is 10.8 Å². The second-order valence-electron chi connectivity index (χ2n) is 5.41. The largest absolute Gasteiger partial charge is 0.472 e. The van der Waals surface area contributed by atoms with Gasteiger partial charge in [0, 0.05) is 23.2 Å². The predicted octanol–water partition coefficient (Wildman–Crippen LogP) is 3.00. The maximum atomic E-state index is 12.3. The van der Waals surface area contributed by atoms with Gasteiger partial charge in [-0.25, -0.2) is 5.48 Å². The molecule has 0 unspecified atom stereocenters. The number of hydrogen-bond acceptors (Lipinski definition) is 4. The number of rotatable bonds is 5. The third kappa shape index (κ3) is 3.94. The van der Waals surface area contributed by atoms with Gasteiger partial charge in [0.1, 0.15) is 0 Å². The minimum absolute atomic E-state index is 0.181. The fourth-order valence-corrected chi connectivity index (χ4v) is 2.40. The van der Waals surface area contributed by atoms with Crippen molar-refractivity contribution < 1.29 is 19.2 Å². The first-order chi connectivity index (χ1) is 12.2. The second-order valence-corrected chi connectivity index (χ2v) is 5.41. The highest BCUT2D eigenvalue weighted by molar-refractivity contribution is 5.96. The van der Waals surface area contributed by atoms with E-state index in [9.17, 15) is 9.59 Å². The predicted molar refractivity (Wildman–Crippen MR) is 91.0 cm³/mol. The smallest absolute Gasteiger partial charge is 0.274 e. The molecule has 25 heavy (non-hydrogen) atoms. The molecule has 1 heterocycles. The molecule has 0 saturated heterocycles. The summed E-state index contributed by atoms with van der Waals surface area (Å²) in [5.41, 5.74) is 5.08. The molecular weight excluding hydrogens is 320 g/mol. The van der Waals surface area contributed by atoms with Crippen molar-refractivity contribution in [3.63, 3.8) is 0 Å². The van der Waals surface area contributed by atoms with Crippen molar-refractivity contribution >= 4 is 11.8 Å². The Kier molecular flexibility index (Phi) is 4.92. The van der Waals surface area contributed by atoms with E-state index in [0.29, 0.717) is 17.7 Å². The van der Waals surface area contributed by atoms with Gasteiger partial charge in [0.25, 0.3) is 11.8 Å². The number of furan rings is 1. The first-order valence-corrected chi connectivity index (χ1v) is 7.61. The molecule has 0 spiro atoms. The number of carbonyl (C=O) groups is 2. The molecule has 6 nitrogen and oxygen atoms in total. The van der Waals surface area contributed by atoms with Gasteiger partial charge < -0.3 is 9.73 Å². The summed E-state index contributed by atoms with van der Waals surface area (Å²) < 4.78 is 4.97. The summed E-state index contributed by atoms with van der Waals surface area (Å²) >= 11 is 0. The fraction of sp³-hybridized carbons (Fsp3) is 0.0526. The molecule has 0 bridgehead atoms. The van der Waals surface area contributed by atoms with Crippen LogP contribution in [0.1, 0.15) is 26.3 Å². The average Bonchev–Trinajstić information content (AvgIpc) is 3.19. The highest BCUT2D eigenvalue weighted by Gasteiger charge is 2.09. The molecule has 3 rings (SSSR count). The van der Waals surface area contributed by atoms with Gasteiger partial charge in [-0.3, -0.25) is 14.8 Å². The first-order valence-electron chi connectivity index (χ1n) is 7.61. The maximum absolute atomic E-state index is 12.3. The van der Waals surface area contributed by atoms with Crippen molar-refractivity contribution in [2.24, 2.45) is 0 Å². The van der Waals surface area contributed by atoms with E-state index in [0.717, 1.165) is 16.7 Å². The summed E-state index contributed by atoms with van der Waals surface area (Å²) in [6.45, 7) is 0.393. The zero-order valence-electron chi connectivity index (χ0n) is 13.2. The number of benzene rings is 2. The van der Waals surface area contributed by atoms with Crippen molar-refractivity contribution in [2.75, 3.05) is 0 Å². The van der Waals surface area contributed by atoms with E-state index >= 15 is 0 Å². The zero-order chi connectivity index (χ0) is 17.6. The molecule has 0 aliphatic rings.